The molecule has 0 radical (unpaired) electrons. The van der Waals surface area contributed by atoms with E-state index < -0.39 is 17.1 Å². The van der Waals surface area contributed by atoms with Gasteiger partial charge in [0.05, 0.1) is 28.9 Å². The molecule has 1 amide bonds. The Labute approximate surface area is 197 Å². The number of hydrogen-bond donors (Lipinski definition) is 3. The van der Waals surface area contributed by atoms with Crippen molar-refractivity contribution in [3.8, 4) is 17.0 Å². The summed E-state index contributed by atoms with van der Waals surface area (Å²) in [4.78, 5) is 17.8. The van der Waals surface area contributed by atoms with Crippen molar-refractivity contribution in [1.82, 2.24) is 19.7 Å². The van der Waals surface area contributed by atoms with Crippen molar-refractivity contribution >= 4 is 34.2 Å². The minimum Gasteiger partial charge on any atom is -0.420 e. The number of benzene rings is 2. The number of aliphatic hydroxyl groups is 1. The maximum absolute atomic E-state index is 13.1. The number of imidazole rings is 1. The van der Waals surface area contributed by atoms with Gasteiger partial charge in [-0.25, -0.2) is 4.98 Å². The molecule has 0 saturated carbocycles. The van der Waals surface area contributed by atoms with E-state index in [0.29, 0.717) is 41.8 Å². The Morgan fingerprint density at radius 3 is 2.74 bits per heavy atom. The van der Waals surface area contributed by atoms with Gasteiger partial charge < -0.3 is 19.7 Å². The van der Waals surface area contributed by atoms with Crippen molar-refractivity contribution in [1.29, 1.82) is 0 Å². The fourth-order valence-electron chi connectivity index (χ4n) is 4.16. The van der Waals surface area contributed by atoms with Crippen molar-refractivity contribution in [3.05, 3.63) is 60.0 Å². The van der Waals surface area contributed by atoms with Crippen LogP contribution in [0, 0.1) is 0 Å². The van der Waals surface area contributed by atoms with Crippen molar-refractivity contribution < 1.29 is 23.4 Å². The average Bonchev–Trinajstić information content (AvgIpc) is 3.41. The molecule has 2 aromatic heterocycles. The van der Waals surface area contributed by atoms with Gasteiger partial charge >= 0.3 is 5.57 Å². The second-order valence-corrected chi connectivity index (χ2v) is 8.94. The number of alkyl halides is 3. The van der Waals surface area contributed by atoms with Crippen LogP contribution < -0.4 is 10.1 Å². The van der Waals surface area contributed by atoms with Crippen molar-refractivity contribution in [3.63, 3.8) is 0 Å². The summed E-state index contributed by atoms with van der Waals surface area (Å²) in [6.07, 6.45) is 2.82. The highest BCUT2D eigenvalue weighted by Crippen LogP contribution is 2.34. The van der Waals surface area contributed by atoms with E-state index in [1.807, 2.05) is 4.57 Å². The molecule has 176 valence electrons. The van der Waals surface area contributed by atoms with E-state index in [4.69, 9.17) is 16.6 Å². The number of rotatable bonds is 5. The van der Waals surface area contributed by atoms with Crippen LogP contribution in [0.2, 0.25) is 0 Å². The molecule has 0 unspecified atom stereocenters. The Morgan fingerprint density at radius 1 is 1.29 bits per heavy atom. The van der Waals surface area contributed by atoms with Gasteiger partial charge in [0.25, 0.3) is 5.91 Å². The zero-order valence-corrected chi connectivity index (χ0v) is 18.7. The SMILES string of the molecule is C[C@]1(O)CCc2nc3cc(C(=O)Nc4ccc(OC(F)(F)Cl)cc4)cc(-c4ccn[nH]4)c3n2C1. The van der Waals surface area contributed by atoms with Gasteiger partial charge in [0.1, 0.15) is 11.6 Å². The lowest BCUT2D eigenvalue weighted by Gasteiger charge is -2.29. The lowest BCUT2D eigenvalue weighted by atomic mass is 9.96. The summed E-state index contributed by atoms with van der Waals surface area (Å²) in [6.45, 7) is 2.19. The Hall–Kier alpha value is -3.50. The van der Waals surface area contributed by atoms with Gasteiger partial charge in [-0.1, -0.05) is 0 Å². The summed E-state index contributed by atoms with van der Waals surface area (Å²) in [5.74, 6) is 0.295. The lowest BCUT2D eigenvalue weighted by Crippen LogP contribution is -2.36. The van der Waals surface area contributed by atoms with Gasteiger partial charge in [0.15, 0.2) is 0 Å². The van der Waals surface area contributed by atoms with Gasteiger partial charge in [0, 0.05) is 41.0 Å². The smallest absolute Gasteiger partial charge is 0.420 e. The Morgan fingerprint density at radius 2 is 2.06 bits per heavy atom. The molecule has 34 heavy (non-hydrogen) atoms. The number of amides is 1. The molecule has 5 rings (SSSR count). The molecule has 2 aromatic carbocycles. The van der Waals surface area contributed by atoms with E-state index in [2.05, 4.69) is 20.3 Å². The number of aromatic amines is 1. The molecule has 0 bridgehead atoms. The second kappa shape index (κ2) is 8.07. The third-order valence-corrected chi connectivity index (χ3v) is 5.78. The van der Waals surface area contributed by atoms with E-state index in [1.54, 1.807) is 31.3 Å². The highest BCUT2D eigenvalue weighted by molar-refractivity contribution is 6.20. The van der Waals surface area contributed by atoms with Crippen LogP contribution in [0.25, 0.3) is 22.3 Å². The maximum atomic E-state index is 13.1. The topological polar surface area (TPSA) is 105 Å². The molecule has 1 atom stereocenters. The number of ether oxygens (including phenoxy) is 1. The summed E-state index contributed by atoms with van der Waals surface area (Å²) >= 11 is 4.78. The number of hydrogen-bond acceptors (Lipinski definition) is 5. The molecule has 1 aliphatic rings. The molecular formula is C23H20ClF2N5O3. The molecule has 0 aliphatic carbocycles. The van der Waals surface area contributed by atoms with Crippen LogP contribution in [0.15, 0.2) is 48.7 Å². The summed E-state index contributed by atoms with van der Waals surface area (Å²) in [7, 11) is 0. The van der Waals surface area contributed by atoms with Gasteiger partial charge in [-0.15, -0.1) is 8.78 Å². The normalized spacial score (nSPS) is 18.0. The minimum atomic E-state index is -3.82. The van der Waals surface area contributed by atoms with Crippen molar-refractivity contribution in [2.45, 2.75) is 37.5 Å². The Balaban J connectivity index is 1.50. The minimum absolute atomic E-state index is 0.138. The van der Waals surface area contributed by atoms with Crippen LogP contribution in [0.5, 0.6) is 5.75 Å². The number of nitrogens with zero attached hydrogens (tertiary/aromatic N) is 3. The number of nitrogens with one attached hydrogen (secondary N) is 2. The van der Waals surface area contributed by atoms with Gasteiger partial charge in [-0.3, -0.25) is 9.89 Å². The van der Waals surface area contributed by atoms with Crippen molar-refractivity contribution in [2.75, 3.05) is 5.32 Å². The number of halogens is 3. The van der Waals surface area contributed by atoms with E-state index in [9.17, 15) is 18.7 Å². The van der Waals surface area contributed by atoms with Crippen LogP contribution in [0.1, 0.15) is 29.5 Å². The Kier molecular flexibility index (Phi) is 5.29. The fraction of sp³-hybridized carbons (Fsp3) is 0.261. The van der Waals surface area contributed by atoms with Crippen LogP contribution in [-0.2, 0) is 13.0 Å². The molecule has 3 heterocycles. The number of carbonyl (C=O) groups excluding carboxylic acids is 1. The van der Waals surface area contributed by atoms with Crippen molar-refractivity contribution in [2.24, 2.45) is 0 Å². The van der Waals surface area contributed by atoms with Gasteiger partial charge in [-0.05, 0) is 55.8 Å². The van der Waals surface area contributed by atoms with Gasteiger partial charge in [-0.2, -0.15) is 5.10 Å². The van der Waals surface area contributed by atoms with E-state index in [0.717, 1.165) is 16.9 Å². The summed E-state index contributed by atoms with van der Waals surface area (Å²) in [5, 5.41) is 20.3. The number of aryl methyl sites for hydroxylation is 1. The molecule has 0 spiro atoms. The summed E-state index contributed by atoms with van der Waals surface area (Å²) in [5.41, 5.74) is -1.07. The fourth-order valence-corrected chi connectivity index (χ4v) is 4.25. The van der Waals surface area contributed by atoms with Crippen LogP contribution in [0.3, 0.4) is 0 Å². The Bertz CT molecular complexity index is 1360. The third-order valence-electron chi connectivity index (χ3n) is 5.71. The number of anilines is 1. The molecule has 11 heteroatoms. The first-order chi connectivity index (χ1) is 16.1. The predicted molar refractivity (Wildman–Crippen MR) is 122 cm³/mol. The lowest BCUT2D eigenvalue weighted by molar-refractivity contribution is -0.0964. The zero-order valence-electron chi connectivity index (χ0n) is 18.0. The standard InChI is InChI=1S/C23H20ClF2N5O3/c1-22(33)8-6-19-29-18-11-13(10-16(17-7-9-27-30-17)20(18)31(19)12-22)21(32)28-14-2-4-15(5-3-14)34-23(24,25)26/h2-5,7,9-11,33H,6,8,12H2,1H3,(H,27,30)(H,28,32)/t22-/m0/s1. The highest BCUT2D eigenvalue weighted by Gasteiger charge is 2.31. The van der Waals surface area contributed by atoms with E-state index in [1.165, 1.54) is 24.3 Å². The average molecular weight is 488 g/mol. The molecule has 1 aliphatic heterocycles. The van der Waals surface area contributed by atoms with E-state index in [-0.39, 0.29) is 5.75 Å². The molecule has 8 nitrogen and oxygen atoms in total. The largest absolute Gasteiger partial charge is 0.487 e. The summed E-state index contributed by atoms with van der Waals surface area (Å²) in [6, 6.07) is 10.6. The molecular weight excluding hydrogens is 468 g/mol. The number of H-pyrrole nitrogens is 1. The molecule has 0 saturated heterocycles. The zero-order chi connectivity index (χ0) is 24.1. The predicted octanol–water partition coefficient (Wildman–Crippen LogP) is 4.54. The van der Waals surface area contributed by atoms with Crippen LogP contribution >= 0.6 is 11.6 Å². The first-order valence-corrected chi connectivity index (χ1v) is 10.9. The molecule has 0 fully saturated rings. The highest BCUT2D eigenvalue weighted by atomic mass is 35.5. The quantitative estimate of drug-likeness (QED) is 0.358. The van der Waals surface area contributed by atoms with Gasteiger partial charge in [0.2, 0.25) is 0 Å². The molecule has 4 aromatic rings. The van der Waals surface area contributed by atoms with Crippen LogP contribution in [0.4, 0.5) is 14.5 Å². The monoisotopic (exact) mass is 487 g/mol. The first kappa shape index (κ1) is 22.3. The van der Waals surface area contributed by atoms with Crippen LogP contribution in [-0.4, -0.2) is 41.9 Å². The number of carbonyl (C=O) groups is 1. The number of fused-ring (bicyclic) bond motifs is 3. The first-order valence-electron chi connectivity index (χ1n) is 10.5. The third kappa shape index (κ3) is 4.46. The molecule has 3 N–H and O–H groups in total. The summed E-state index contributed by atoms with van der Waals surface area (Å²) < 4.78 is 31.9. The maximum Gasteiger partial charge on any atom is 0.487 e. The van der Waals surface area contributed by atoms with E-state index >= 15 is 0 Å². The number of aromatic nitrogens is 4. The second-order valence-electron chi connectivity index (χ2n) is 8.50.